The standard InChI is InChI=1S/C12H16O5/c13-6-5-10(14)12(17)9-3-1-8(2-4-9)7-11(15)16/h1-4,10,12-14,17H,5-7H2,(H,15,16). The summed E-state index contributed by atoms with van der Waals surface area (Å²) in [4.78, 5) is 10.5. The van der Waals surface area contributed by atoms with E-state index in [1.165, 1.54) is 0 Å². The molecule has 0 aromatic heterocycles. The summed E-state index contributed by atoms with van der Waals surface area (Å²) in [5.74, 6) is -0.918. The molecule has 0 spiro atoms. The van der Waals surface area contributed by atoms with Crippen molar-refractivity contribution in [2.45, 2.75) is 25.0 Å². The second-order valence-corrected chi connectivity index (χ2v) is 3.84. The topological polar surface area (TPSA) is 98.0 Å². The minimum Gasteiger partial charge on any atom is -0.481 e. The summed E-state index contributed by atoms with van der Waals surface area (Å²) in [7, 11) is 0. The number of benzene rings is 1. The number of aliphatic carboxylic acids is 1. The number of hydrogen-bond acceptors (Lipinski definition) is 4. The van der Waals surface area contributed by atoms with Gasteiger partial charge in [-0.15, -0.1) is 0 Å². The number of carboxylic acids is 1. The monoisotopic (exact) mass is 240 g/mol. The van der Waals surface area contributed by atoms with Crippen LogP contribution in [0.15, 0.2) is 24.3 Å². The highest BCUT2D eigenvalue weighted by Gasteiger charge is 2.17. The van der Waals surface area contributed by atoms with Crippen molar-refractivity contribution in [3.63, 3.8) is 0 Å². The molecule has 0 heterocycles. The minimum absolute atomic E-state index is 0.0738. The van der Waals surface area contributed by atoms with Crippen molar-refractivity contribution in [2.24, 2.45) is 0 Å². The number of rotatable bonds is 6. The van der Waals surface area contributed by atoms with Crippen molar-refractivity contribution >= 4 is 5.97 Å². The zero-order valence-corrected chi connectivity index (χ0v) is 9.28. The molecule has 0 radical (unpaired) electrons. The first-order chi connectivity index (χ1) is 8.04. The number of carbonyl (C=O) groups is 1. The lowest BCUT2D eigenvalue weighted by Crippen LogP contribution is -2.19. The zero-order chi connectivity index (χ0) is 12.8. The zero-order valence-electron chi connectivity index (χ0n) is 9.28. The molecule has 0 bridgehead atoms. The van der Waals surface area contributed by atoms with Crippen molar-refractivity contribution in [2.75, 3.05) is 6.61 Å². The molecule has 0 fully saturated rings. The quantitative estimate of drug-likeness (QED) is 0.565. The third-order valence-electron chi connectivity index (χ3n) is 2.47. The van der Waals surface area contributed by atoms with Crippen molar-refractivity contribution in [3.05, 3.63) is 35.4 Å². The first-order valence-corrected chi connectivity index (χ1v) is 5.32. The third kappa shape index (κ3) is 4.14. The van der Waals surface area contributed by atoms with Crippen LogP contribution in [0.1, 0.15) is 23.7 Å². The van der Waals surface area contributed by atoms with Crippen LogP contribution in [0.3, 0.4) is 0 Å². The van der Waals surface area contributed by atoms with Gasteiger partial charge in [0.05, 0.1) is 12.5 Å². The predicted octanol–water partition coefficient (Wildman–Crippen LogP) is 0.0904. The lowest BCUT2D eigenvalue weighted by molar-refractivity contribution is -0.136. The van der Waals surface area contributed by atoms with E-state index in [0.717, 1.165) is 0 Å². The molecule has 0 saturated carbocycles. The Kier molecular flexibility index (Phi) is 5.09. The molecule has 5 nitrogen and oxygen atoms in total. The van der Waals surface area contributed by atoms with Crippen molar-refractivity contribution in [3.8, 4) is 0 Å². The van der Waals surface area contributed by atoms with Crippen LogP contribution in [0.2, 0.25) is 0 Å². The van der Waals surface area contributed by atoms with E-state index in [1.807, 2.05) is 0 Å². The second-order valence-electron chi connectivity index (χ2n) is 3.84. The third-order valence-corrected chi connectivity index (χ3v) is 2.47. The van der Waals surface area contributed by atoms with Crippen LogP contribution in [0.25, 0.3) is 0 Å². The highest BCUT2D eigenvalue weighted by Crippen LogP contribution is 2.19. The predicted molar refractivity (Wildman–Crippen MR) is 60.5 cm³/mol. The Bertz CT molecular complexity index is 360. The molecule has 5 heteroatoms. The van der Waals surface area contributed by atoms with E-state index in [0.29, 0.717) is 11.1 Å². The van der Waals surface area contributed by atoms with E-state index >= 15 is 0 Å². The number of aliphatic hydroxyl groups is 3. The molecule has 1 aromatic carbocycles. The summed E-state index contributed by atoms with van der Waals surface area (Å²) in [6, 6.07) is 6.34. The average molecular weight is 240 g/mol. The molecule has 17 heavy (non-hydrogen) atoms. The number of aliphatic hydroxyl groups excluding tert-OH is 3. The largest absolute Gasteiger partial charge is 0.481 e. The molecular weight excluding hydrogens is 224 g/mol. The van der Waals surface area contributed by atoms with Gasteiger partial charge in [0.15, 0.2) is 0 Å². The molecule has 0 aliphatic carbocycles. The molecule has 0 saturated heterocycles. The molecule has 1 aromatic rings. The van der Waals surface area contributed by atoms with E-state index < -0.39 is 18.2 Å². The van der Waals surface area contributed by atoms with E-state index in [9.17, 15) is 15.0 Å². The molecule has 4 N–H and O–H groups in total. The SMILES string of the molecule is O=C(O)Cc1ccc(C(O)C(O)CCO)cc1. The van der Waals surface area contributed by atoms with E-state index in [1.54, 1.807) is 24.3 Å². The van der Waals surface area contributed by atoms with Crippen molar-refractivity contribution in [1.29, 1.82) is 0 Å². The fraction of sp³-hybridized carbons (Fsp3) is 0.417. The maximum absolute atomic E-state index is 10.5. The van der Waals surface area contributed by atoms with Gasteiger partial charge in [0.25, 0.3) is 0 Å². The van der Waals surface area contributed by atoms with Gasteiger partial charge in [-0.1, -0.05) is 24.3 Å². The lowest BCUT2D eigenvalue weighted by Gasteiger charge is -2.17. The first kappa shape index (κ1) is 13.6. The van der Waals surface area contributed by atoms with Gasteiger partial charge in [-0.3, -0.25) is 4.79 Å². The van der Waals surface area contributed by atoms with E-state index in [2.05, 4.69) is 0 Å². The Morgan fingerprint density at radius 1 is 1.18 bits per heavy atom. The van der Waals surface area contributed by atoms with Gasteiger partial charge in [-0.25, -0.2) is 0 Å². The van der Waals surface area contributed by atoms with Crippen LogP contribution in [0, 0.1) is 0 Å². The fourth-order valence-electron chi connectivity index (χ4n) is 1.52. The molecule has 0 amide bonds. The van der Waals surface area contributed by atoms with Gasteiger partial charge >= 0.3 is 5.97 Å². The summed E-state index contributed by atoms with van der Waals surface area (Å²) in [5, 5.41) is 36.4. The Balaban J connectivity index is 2.69. The Labute approximate surface area is 99.0 Å². The summed E-state index contributed by atoms with van der Waals surface area (Å²) >= 11 is 0. The van der Waals surface area contributed by atoms with Crippen molar-refractivity contribution in [1.82, 2.24) is 0 Å². The highest BCUT2D eigenvalue weighted by molar-refractivity contribution is 5.70. The van der Waals surface area contributed by atoms with Gasteiger partial charge < -0.3 is 20.4 Å². The van der Waals surface area contributed by atoms with Crippen LogP contribution in [-0.4, -0.2) is 39.1 Å². The smallest absolute Gasteiger partial charge is 0.307 e. The van der Waals surface area contributed by atoms with Gasteiger partial charge in [0.1, 0.15) is 6.10 Å². The molecule has 2 atom stereocenters. The maximum Gasteiger partial charge on any atom is 0.307 e. The van der Waals surface area contributed by atoms with E-state index in [4.69, 9.17) is 10.2 Å². The summed E-state index contributed by atoms with van der Waals surface area (Å²) < 4.78 is 0. The summed E-state index contributed by atoms with van der Waals surface area (Å²) in [5.41, 5.74) is 1.13. The molecule has 2 unspecified atom stereocenters. The lowest BCUT2D eigenvalue weighted by atomic mass is 10.0. The summed E-state index contributed by atoms with van der Waals surface area (Å²) in [6.45, 7) is -0.199. The molecule has 1 rings (SSSR count). The first-order valence-electron chi connectivity index (χ1n) is 5.32. The van der Waals surface area contributed by atoms with Gasteiger partial charge in [-0.2, -0.15) is 0 Å². The van der Waals surface area contributed by atoms with Gasteiger partial charge in [0.2, 0.25) is 0 Å². The Hall–Kier alpha value is -1.43. The molecular formula is C12H16O5. The second kappa shape index (κ2) is 6.34. The number of carboxylic acid groups (broad SMARTS) is 1. The van der Waals surface area contributed by atoms with E-state index in [-0.39, 0.29) is 19.4 Å². The fourth-order valence-corrected chi connectivity index (χ4v) is 1.52. The van der Waals surface area contributed by atoms with Crippen LogP contribution < -0.4 is 0 Å². The van der Waals surface area contributed by atoms with Crippen molar-refractivity contribution < 1.29 is 25.2 Å². The molecule has 0 aliphatic rings. The minimum atomic E-state index is -1.07. The van der Waals surface area contributed by atoms with Crippen LogP contribution in [0.5, 0.6) is 0 Å². The highest BCUT2D eigenvalue weighted by atomic mass is 16.4. The van der Waals surface area contributed by atoms with Crippen LogP contribution >= 0.6 is 0 Å². The molecule has 0 aliphatic heterocycles. The van der Waals surface area contributed by atoms with Gasteiger partial charge in [0, 0.05) is 6.61 Å². The molecule has 94 valence electrons. The normalized spacial score (nSPS) is 14.3. The van der Waals surface area contributed by atoms with Crippen LogP contribution in [0.4, 0.5) is 0 Å². The van der Waals surface area contributed by atoms with Crippen LogP contribution in [-0.2, 0) is 11.2 Å². The summed E-state index contributed by atoms with van der Waals surface area (Å²) in [6.07, 6.45) is -2.07. The average Bonchev–Trinajstić information content (AvgIpc) is 2.28. The Morgan fingerprint density at radius 2 is 1.76 bits per heavy atom. The number of hydrogen-bond donors (Lipinski definition) is 4. The van der Waals surface area contributed by atoms with Gasteiger partial charge in [-0.05, 0) is 17.5 Å². The maximum atomic E-state index is 10.5. The Morgan fingerprint density at radius 3 is 2.24 bits per heavy atom.